The Morgan fingerprint density at radius 2 is 1.70 bits per heavy atom. The normalized spacial score (nSPS) is 14.2. The van der Waals surface area contributed by atoms with Crippen LogP contribution in [0.5, 0.6) is 17.5 Å². The van der Waals surface area contributed by atoms with E-state index in [1.54, 1.807) is 0 Å². The molecule has 3 heterocycles. The lowest BCUT2D eigenvalue weighted by Gasteiger charge is -2.27. The first-order valence-electron chi connectivity index (χ1n) is 12.8. The molecule has 0 unspecified atom stereocenters. The number of fused-ring (bicyclic) bond motifs is 1. The molecule has 0 aliphatic carbocycles. The van der Waals surface area contributed by atoms with Gasteiger partial charge in [0.25, 0.3) is 0 Å². The number of hydrogen-bond acceptors (Lipinski definition) is 8. The molecule has 10 nitrogen and oxygen atoms in total. The molecule has 0 spiro atoms. The lowest BCUT2D eigenvalue weighted by Crippen LogP contribution is -2.42. The molecule has 0 radical (unpaired) electrons. The molecular formula is C27H33N7O3. The summed E-state index contributed by atoms with van der Waals surface area (Å²) in [6.07, 6.45) is 1.87. The Kier molecular flexibility index (Phi) is 7.67. The number of hydrogen-bond donors (Lipinski definition) is 3. The van der Waals surface area contributed by atoms with E-state index >= 15 is 0 Å². The fourth-order valence-corrected chi connectivity index (χ4v) is 4.41. The zero-order chi connectivity index (χ0) is 25.6. The van der Waals surface area contributed by atoms with Gasteiger partial charge in [0.05, 0.1) is 13.2 Å². The van der Waals surface area contributed by atoms with Crippen molar-refractivity contribution in [3.63, 3.8) is 0 Å². The first-order valence-corrected chi connectivity index (χ1v) is 12.8. The highest BCUT2D eigenvalue weighted by Crippen LogP contribution is 2.25. The number of nitrogen functional groups attached to an aromatic ring is 1. The van der Waals surface area contributed by atoms with E-state index in [2.05, 4.69) is 44.2 Å². The second-order valence-electron chi connectivity index (χ2n) is 9.23. The summed E-state index contributed by atoms with van der Waals surface area (Å²) in [4.78, 5) is 26.6. The highest BCUT2D eigenvalue weighted by molar-refractivity contribution is 5.81. The number of piperazine rings is 1. The maximum atomic E-state index is 12.7. The fourth-order valence-electron chi connectivity index (χ4n) is 4.41. The van der Waals surface area contributed by atoms with E-state index in [4.69, 9.17) is 15.2 Å². The van der Waals surface area contributed by atoms with Gasteiger partial charge in [0.2, 0.25) is 0 Å². The molecule has 37 heavy (non-hydrogen) atoms. The molecule has 10 heteroatoms. The van der Waals surface area contributed by atoms with E-state index in [-0.39, 0.29) is 17.5 Å². The first-order chi connectivity index (χ1) is 18.1. The van der Waals surface area contributed by atoms with Gasteiger partial charge in [0.1, 0.15) is 17.0 Å². The number of rotatable bonds is 10. The highest BCUT2D eigenvalue weighted by Gasteiger charge is 2.15. The molecule has 2 aromatic heterocycles. The predicted octanol–water partition coefficient (Wildman–Crippen LogP) is 3.13. The van der Waals surface area contributed by atoms with Crippen molar-refractivity contribution >= 4 is 17.0 Å². The minimum atomic E-state index is -0.311. The number of unbranched alkanes of at least 4 members (excludes halogenated alkanes) is 1. The monoisotopic (exact) mass is 503 g/mol. The maximum absolute atomic E-state index is 12.7. The van der Waals surface area contributed by atoms with Crippen molar-refractivity contribution in [1.29, 1.82) is 0 Å². The molecule has 4 N–H and O–H groups in total. The van der Waals surface area contributed by atoms with Crippen LogP contribution in [0.4, 0.5) is 5.82 Å². The van der Waals surface area contributed by atoms with E-state index in [9.17, 15) is 4.79 Å². The molecule has 1 aliphatic heterocycles. The van der Waals surface area contributed by atoms with Crippen LogP contribution >= 0.6 is 0 Å². The molecule has 2 aromatic carbocycles. The molecule has 5 rings (SSSR count). The van der Waals surface area contributed by atoms with Gasteiger partial charge < -0.3 is 25.5 Å². The molecule has 0 amide bonds. The molecule has 194 valence electrons. The number of anilines is 1. The number of imidazole rings is 1. The Balaban J connectivity index is 1.33. The Hall–Kier alpha value is -3.89. The van der Waals surface area contributed by atoms with Crippen molar-refractivity contribution in [3.05, 3.63) is 70.1 Å². The third-order valence-corrected chi connectivity index (χ3v) is 6.35. The number of nitrogens with zero attached hydrogens (tertiary/aromatic N) is 4. The van der Waals surface area contributed by atoms with Crippen LogP contribution in [0.1, 0.15) is 30.9 Å². The number of H-pyrrole nitrogens is 1. The summed E-state index contributed by atoms with van der Waals surface area (Å²) in [5.74, 6) is 1.66. The van der Waals surface area contributed by atoms with E-state index in [1.807, 2.05) is 36.4 Å². The van der Waals surface area contributed by atoms with Gasteiger partial charge in [-0.15, -0.1) is 0 Å². The molecule has 1 aliphatic rings. The summed E-state index contributed by atoms with van der Waals surface area (Å²) >= 11 is 0. The smallest absolute Gasteiger partial charge is 0.328 e. The Labute approximate surface area is 215 Å². The molecule has 0 atom stereocenters. The number of ether oxygens (including phenoxy) is 2. The third-order valence-electron chi connectivity index (χ3n) is 6.35. The van der Waals surface area contributed by atoms with Crippen molar-refractivity contribution in [2.45, 2.75) is 32.9 Å². The van der Waals surface area contributed by atoms with Crippen LogP contribution in [-0.2, 0) is 13.1 Å². The summed E-state index contributed by atoms with van der Waals surface area (Å²) in [6, 6.07) is 16.1. The van der Waals surface area contributed by atoms with Crippen molar-refractivity contribution < 1.29 is 9.47 Å². The summed E-state index contributed by atoms with van der Waals surface area (Å²) in [7, 11) is 0. The maximum Gasteiger partial charge on any atom is 0.328 e. The average molecular weight is 504 g/mol. The van der Waals surface area contributed by atoms with Crippen molar-refractivity contribution in [2.75, 3.05) is 38.5 Å². The number of aromatic amines is 1. The van der Waals surface area contributed by atoms with E-state index < -0.39 is 0 Å². The number of aromatic nitrogens is 4. The summed E-state index contributed by atoms with van der Waals surface area (Å²) in [5, 5.41) is 3.39. The molecular weight excluding hydrogens is 470 g/mol. The first kappa shape index (κ1) is 24.8. The number of nitrogens with two attached hydrogens (primary N) is 1. The Bertz CT molecular complexity index is 1410. The zero-order valence-electron chi connectivity index (χ0n) is 21.1. The number of benzene rings is 2. The van der Waals surface area contributed by atoms with Crippen LogP contribution < -0.4 is 26.2 Å². The van der Waals surface area contributed by atoms with Gasteiger partial charge >= 0.3 is 11.7 Å². The Morgan fingerprint density at radius 3 is 2.41 bits per heavy atom. The van der Waals surface area contributed by atoms with Gasteiger partial charge in [-0.3, -0.25) is 9.47 Å². The lowest BCUT2D eigenvalue weighted by molar-refractivity contribution is 0.233. The van der Waals surface area contributed by atoms with Gasteiger partial charge in [-0.05, 0) is 41.8 Å². The second kappa shape index (κ2) is 11.4. The largest absolute Gasteiger partial charge is 0.463 e. The fraction of sp³-hybridized carbons (Fsp3) is 0.370. The lowest BCUT2D eigenvalue weighted by atomic mass is 10.2. The van der Waals surface area contributed by atoms with Gasteiger partial charge in [0.15, 0.2) is 11.5 Å². The van der Waals surface area contributed by atoms with Crippen molar-refractivity contribution in [3.8, 4) is 17.5 Å². The highest BCUT2D eigenvalue weighted by atomic mass is 16.5. The van der Waals surface area contributed by atoms with E-state index in [0.717, 1.165) is 56.9 Å². The summed E-state index contributed by atoms with van der Waals surface area (Å²) in [6.45, 7) is 7.90. The van der Waals surface area contributed by atoms with Gasteiger partial charge in [-0.1, -0.05) is 37.6 Å². The topological polar surface area (TPSA) is 123 Å². The standard InChI is InChI=1S/C27H33N7O3/c1-2-3-14-36-26-31-24(28)23-25(32-26)34(27(35)30-23)18-20-7-5-9-22(16-20)37-21-8-4-6-19(15-21)17-33-12-10-29-11-13-33/h4-9,15-16,29H,2-3,10-14,17-18H2,1H3,(H,30,35)(H2,28,31,32). The second-order valence-corrected chi connectivity index (χ2v) is 9.23. The molecule has 4 aromatic rings. The molecule has 0 saturated carbocycles. The van der Waals surface area contributed by atoms with Crippen LogP contribution in [0, 0.1) is 0 Å². The van der Waals surface area contributed by atoms with Crippen molar-refractivity contribution in [2.24, 2.45) is 0 Å². The van der Waals surface area contributed by atoms with Crippen LogP contribution in [0.15, 0.2) is 53.3 Å². The van der Waals surface area contributed by atoms with Gasteiger partial charge in [0, 0.05) is 32.7 Å². The minimum absolute atomic E-state index is 0.170. The van der Waals surface area contributed by atoms with Gasteiger partial charge in [-0.25, -0.2) is 4.79 Å². The quantitative estimate of drug-likeness (QED) is 0.282. The van der Waals surface area contributed by atoms with E-state index in [0.29, 0.717) is 30.1 Å². The zero-order valence-corrected chi connectivity index (χ0v) is 21.1. The minimum Gasteiger partial charge on any atom is -0.463 e. The van der Waals surface area contributed by atoms with Crippen LogP contribution in [-0.4, -0.2) is 57.2 Å². The predicted molar refractivity (Wildman–Crippen MR) is 143 cm³/mol. The number of nitrogens with one attached hydrogen (secondary N) is 2. The summed E-state index contributed by atoms with van der Waals surface area (Å²) < 4.78 is 13.4. The van der Waals surface area contributed by atoms with Gasteiger partial charge in [-0.2, -0.15) is 9.97 Å². The van der Waals surface area contributed by atoms with Crippen molar-refractivity contribution in [1.82, 2.24) is 29.7 Å². The van der Waals surface area contributed by atoms with Crippen LogP contribution in [0.3, 0.4) is 0 Å². The Morgan fingerprint density at radius 1 is 1.00 bits per heavy atom. The SMILES string of the molecule is CCCCOc1nc(N)c2[nH]c(=O)n(Cc3cccc(Oc4cccc(CN5CCNCC5)c4)c3)c2n1. The van der Waals surface area contributed by atoms with Crippen LogP contribution in [0.2, 0.25) is 0 Å². The van der Waals surface area contributed by atoms with Crippen LogP contribution in [0.25, 0.3) is 11.2 Å². The molecule has 0 bridgehead atoms. The van der Waals surface area contributed by atoms with E-state index in [1.165, 1.54) is 10.1 Å². The third kappa shape index (κ3) is 6.10. The summed E-state index contributed by atoms with van der Waals surface area (Å²) in [5.41, 5.74) is 8.69. The molecule has 1 fully saturated rings. The average Bonchev–Trinajstić information content (AvgIpc) is 3.21. The molecule has 1 saturated heterocycles.